The lowest BCUT2D eigenvalue weighted by atomic mass is 10.1. The molecule has 1 fully saturated rings. The van der Waals surface area contributed by atoms with Crippen molar-refractivity contribution in [2.75, 3.05) is 33.7 Å². The summed E-state index contributed by atoms with van der Waals surface area (Å²) in [7, 11) is 3.98. The molecule has 0 aromatic heterocycles. The third-order valence-corrected chi connectivity index (χ3v) is 3.13. The first-order valence-corrected chi connectivity index (χ1v) is 6.37. The van der Waals surface area contributed by atoms with Crippen molar-refractivity contribution in [2.24, 2.45) is 5.73 Å². The third kappa shape index (κ3) is 4.61. The van der Waals surface area contributed by atoms with Crippen LogP contribution in [-0.4, -0.2) is 66.7 Å². The molecule has 0 aromatic carbocycles. The van der Waals surface area contributed by atoms with Crippen molar-refractivity contribution in [3.05, 3.63) is 0 Å². The number of aliphatic hydroxyl groups excluding tert-OH is 1. The molecule has 2 unspecified atom stereocenters. The molecule has 0 saturated carbocycles. The second-order valence-electron chi connectivity index (χ2n) is 5.10. The molecule has 1 heterocycles. The number of rotatable bonds is 6. The van der Waals surface area contributed by atoms with Gasteiger partial charge in [0.2, 0.25) is 5.91 Å². The number of carbonyl (C=O) groups excluding carboxylic acids is 1. The zero-order chi connectivity index (χ0) is 12.8. The van der Waals surface area contributed by atoms with Crippen molar-refractivity contribution >= 4 is 5.91 Å². The summed E-state index contributed by atoms with van der Waals surface area (Å²) in [4.78, 5) is 15.9. The highest BCUT2D eigenvalue weighted by Crippen LogP contribution is 2.20. The molecular weight excluding hydrogens is 218 g/mol. The number of hydrogen-bond donors (Lipinski definition) is 2. The maximum atomic E-state index is 12.0. The summed E-state index contributed by atoms with van der Waals surface area (Å²) in [6.07, 6.45) is 2.62. The lowest BCUT2D eigenvalue weighted by Gasteiger charge is -2.26. The Hall–Kier alpha value is -0.650. The highest BCUT2D eigenvalue weighted by Gasteiger charge is 2.33. The largest absolute Gasteiger partial charge is 0.391 e. The number of hydrogen-bond acceptors (Lipinski definition) is 4. The van der Waals surface area contributed by atoms with Crippen molar-refractivity contribution < 1.29 is 9.90 Å². The quantitative estimate of drug-likeness (QED) is 0.625. The number of nitrogens with two attached hydrogens (primary N) is 1. The minimum absolute atomic E-state index is 0.154. The smallest absolute Gasteiger partial charge is 0.222 e. The van der Waals surface area contributed by atoms with E-state index in [4.69, 9.17) is 5.73 Å². The summed E-state index contributed by atoms with van der Waals surface area (Å²) < 4.78 is 0. The van der Waals surface area contributed by atoms with Crippen molar-refractivity contribution in [2.45, 2.75) is 37.8 Å². The lowest BCUT2D eigenvalue weighted by Crippen LogP contribution is -2.41. The van der Waals surface area contributed by atoms with Gasteiger partial charge in [-0.3, -0.25) is 4.79 Å². The Morgan fingerprint density at radius 1 is 1.47 bits per heavy atom. The van der Waals surface area contributed by atoms with E-state index in [0.29, 0.717) is 25.9 Å². The average Bonchev–Trinajstić information content (AvgIpc) is 2.58. The van der Waals surface area contributed by atoms with Crippen LogP contribution in [0.4, 0.5) is 0 Å². The van der Waals surface area contributed by atoms with Crippen LogP contribution in [0.3, 0.4) is 0 Å². The molecule has 0 aromatic rings. The Bertz CT molecular complexity index is 246. The van der Waals surface area contributed by atoms with Crippen LogP contribution in [0.1, 0.15) is 25.7 Å². The van der Waals surface area contributed by atoms with Crippen molar-refractivity contribution in [3.63, 3.8) is 0 Å². The summed E-state index contributed by atoms with van der Waals surface area (Å²) in [5.74, 6) is 0.154. The molecule has 2 atom stereocenters. The fraction of sp³-hybridized carbons (Fsp3) is 0.917. The van der Waals surface area contributed by atoms with Crippen LogP contribution < -0.4 is 5.73 Å². The molecule has 0 spiro atoms. The van der Waals surface area contributed by atoms with E-state index in [0.717, 1.165) is 19.4 Å². The van der Waals surface area contributed by atoms with Gasteiger partial charge < -0.3 is 20.6 Å². The Kier molecular flexibility index (Phi) is 5.88. The number of carbonyl (C=O) groups is 1. The van der Waals surface area contributed by atoms with E-state index in [1.165, 1.54) is 0 Å². The first-order valence-electron chi connectivity index (χ1n) is 6.37. The second kappa shape index (κ2) is 6.93. The van der Waals surface area contributed by atoms with Crippen LogP contribution >= 0.6 is 0 Å². The number of nitrogens with zero attached hydrogens (tertiary/aromatic N) is 2. The van der Waals surface area contributed by atoms with Crippen molar-refractivity contribution in [3.8, 4) is 0 Å². The molecule has 1 aliphatic heterocycles. The molecule has 1 amide bonds. The summed E-state index contributed by atoms with van der Waals surface area (Å²) in [6, 6.07) is 0.158. The Balaban J connectivity index is 2.45. The topological polar surface area (TPSA) is 69.8 Å². The molecule has 1 saturated heterocycles. The number of likely N-dealkylation sites (N-methyl/N-ethyl adjacent to an activating group) is 1. The maximum Gasteiger partial charge on any atom is 0.222 e. The lowest BCUT2D eigenvalue weighted by molar-refractivity contribution is -0.132. The molecule has 0 bridgehead atoms. The Morgan fingerprint density at radius 3 is 2.76 bits per heavy atom. The van der Waals surface area contributed by atoms with Gasteiger partial charge in [0.25, 0.3) is 0 Å². The Morgan fingerprint density at radius 2 is 2.18 bits per heavy atom. The number of β-amino-alcohol motifs (C(OH)–C–C–N with tert-alkyl or cyclic N) is 1. The minimum Gasteiger partial charge on any atom is -0.391 e. The summed E-state index contributed by atoms with van der Waals surface area (Å²) >= 11 is 0. The van der Waals surface area contributed by atoms with E-state index in [1.807, 2.05) is 19.0 Å². The zero-order valence-corrected chi connectivity index (χ0v) is 10.9. The van der Waals surface area contributed by atoms with Crippen molar-refractivity contribution in [1.29, 1.82) is 0 Å². The van der Waals surface area contributed by atoms with Crippen LogP contribution in [-0.2, 0) is 4.79 Å². The van der Waals surface area contributed by atoms with E-state index in [1.54, 1.807) is 0 Å². The number of likely N-dealkylation sites (tertiary alicyclic amines) is 1. The fourth-order valence-corrected chi connectivity index (χ4v) is 2.36. The number of unbranched alkanes of at least 4 members (excludes halogenated alkanes) is 1. The molecule has 1 rings (SSSR count). The minimum atomic E-state index is -0.363. The summed E-state index contributed by atoms with van der Waals surface area (Å²) in [5.41, 5.74) is 5.41. The Labute approximate surface area is 104 Å². The van der Waals surface area contributed by atoms with Gasteiger partial charge >= 0.3 is 0 Å². The standard InChI is InChI=1S/C12H25N3O2/c1-14(2)8-10-7-11(16)9-15(10)12(17)5-3-4-6-13/h10-11,16H,3-9,13H2,1-2H3. The highest BCUT2D eigenvalue weighted by atomic mass is 16.3. The van der Waals surface area contributed by atoms with E-state index in [-0.39, 0.29) is 18.1 Å². The van der Waals surface area contributed by atoms with Gasteiger partial charge in [0, 0.05) is 25.6 Å². The molecule has 5 heteroatoms. The van der Waals surface area contributed by atoms with E-state index >= 15 is 0 Å². The van der Waals surface area contributed by atoms with Crippen LogP contribution in [0.5, 0.6) is 0 Å². The van der Waals surface area contributed by atoms with Crippen LogP contribution in [0.15, 0.2) is 0 Å². The number of aliphatic hydroxyl groups is 1. The van der Waals surface area contributed by atoms with Gasteiger partial charge in [-0.25, -0.2) is 0 Å². The van der Waals surface area contributed by atoms with Gasteiger partial charge in [0.15, 0.2) is 0 Å². The predicted molar refractivity (Wildman–Crippen MR) is 67.6 cm³/mol. The average molecular weight is 243 g/mol. The predicted octanol–water partition coefficient (Wildman–Crippen LogP) is -0.361. The molecule has 100 valence electrons. The van der Waals surface area contributed by atoms with E-state index in [2.05, 4.69) is 4.90 Å². The molecule has 0 aliphatic carbocycles. The van der Waals surface area contributed by atoms with E-state index in [9.17, 15) is 9.90 Å². The van der Waals surface area contributed by atoms with Crippen LogP contribution in [0.2, 0.25) is 0 Å². The molecule has 3 N–H and O–H groups in total. The first-order chi connectivity index (χ1) is 8.04. The molecular formula is C12H25N3O2. The molecule has 17 heavy (non-hydrogen) atoms. The van der Waals surface area contributed by atoms with E-state index < -0.39 is 0 Å². The van der Waals surface area contributed by atoms with Gasteiger partial charge in [0.1, 0.15) is 0 Å². The van der Waals surface area contributed by atoms with Gasteiger partial charge in [-0.2, -0.15) is 0 Å². The van der Waals surface area contributed by atoms with Gasteiger partial charge in [0.05, 0.1) is 6.10 Å². The van der Waals surface area contributed by atoms with Crippen LogP contribution in [0.25, 0.3) is 0 Å². The SMILES string of the molecule is CN(C)CC1CC(O)CN1C(=O)CCCCN. The molecule has 0 radical (unpaired) electrons. The monoisotopic (exact) mass is 243 g/mol. The maximum absolute atomic E-state index is 12.0. The normalized spacial score (nSPS) is 24.6. The van der Waals surface area contributed by atoms with Crippen molar-refractivity contribution in [1.82, 2.24) is 9.80 Å². The van der Waals surface area contributed by atoms with Gasteiger partial charge in [-0.05, 0) is 39.9 Å². The molecule has 1 aliphatic rings. The third-order valence-electron chi connectivity index (χ3n) is 3.13. The fourth-order valence-electron chi connectivity index (χ4n) is 2.36. The second-order valence-corrected chi connectivity index (χ2v) is 5.10. The number of amides is 1. The van der Waals surface area contributed by atoms with Crippen LogP contribution in [0, 0.1) is 0 Å². The summed E-state index contributed by atoms with van der Waals surface area (Å²) in [5, 5.41) is 9.67. The zero-order valence-electron chi connectivity index (χ0n) is 10.9. The van der Waals surface area contributed by atoms with Gasteiger partial charge in [-0.1, -0.05) is 0 Å². The van der Waals surface area contributed by atoms with Gasteiger partial charge in [-0.15, -0.1) is 0 Å². The first kappa shape index (κ1) is 14.4. The highest BCUT2D eigenvalue weighted by molar-refractivity contribution is 5.76. The summed E-state index contributed by atoms with van der Waals surface area (Å²) in [6.45, 7) is 1.94. The molecule has 5 nitrogen and oxygen atoms in total.